The lowest BCUT2D eigenvalue weighted by Gasteiger charge is -2.61. The molecule has 4 saturated carbocycles. The molecule has 0 aromatic heterocycles. The van der Waals surface area contributed by atoms with Gasteiger partial charge in [-0.2, -0.15) is 0 Å². The lowest BCUT2D eigenvalue weighted by atomic mass is 9.44. The average Bonchev–Trinajstić information content (AvgIpc) is 2.84. The lowest BCUT2D eigenvalue weighted by Crippen LogP contribution is -2.59. The molecule has 0 saturated heterocycles. The Morgan fingerprint density at radius 3 is 2.52 bits per heavy atom. The van der Waals surface area contributed by atoms with Crippen LogP contribution < -0.4 is 5.73 Å². The van der Waals surface area contributed by atoms with Crippen molar-refractivity contribution in [2.24, 2.45) is 40.2 Å². The third-order valence-corrected chi connectivity index (χ3v) is 9.80. The van der Waals surface area contributed by atoms with E-state index in [1.54, 1.807) is 0 Å². The van der Waals surface area contributed by atoms with E-state index in [9.17, 15) is 4.79 Å². The standard InChI is InChI=1S/C22H37NO2/c1-20-11-4-3-5-15(20)6-7-16-17(20)8-12-21(2)18(16)9-13-22(21,23)14-10-19(24)25/h15-18H,3-14,23H2,1-2H3,(H,24,25)/t15?,16-,17+,18+,20+,21+,22-/m1/s1. The molecule has 0 radical (unpaired) electrons. The smallest absolute Gasteiger partial charge is 0.303 e. The Morgan fingerprint density at radius 2 is 1.76 bits per heavy atom. The van der Waals surface area contributed by atoms with Crippen molar-refractivity contribution >= 4 is 5.97 Å². The second-order valence-electron chi connectivity index (χ2n) is 10.4. The molecule has 3 nitrogen and oxygen atoms in total. The average molecular weight is 348 g/mol. The van der Waals surface area contributed by atoms with Crippen LogP contribution in [0.4, 0.5) is 0 Å². The van der Waals surface area contributed by atoms with Crippen LogP contribution in [0.15, 0.2) is 0 Å². The second kappa shape index (κ2) is 5.97. The summed E-state index contributed by atoms with van der Waals surface area (Å²) < 4.78 is 0. The number of nitrogens with two attached hydrogens (primary N) is 1. The Balaban J connectivity index is 1.58. The zero-order valence-corrected chi connectivity index (χ0v) is 16.2. The molecule has 7 atom stereocenters. The van der Waals surface area contributed by atoms with Gasteiger partial charge >= 0.3 is 5.97 Å². The van der Waals surface area contributed by atoms with Crippen LogP contribution in [0.3, 0.4) is 0 Å². The van der Waals surface area contributed by atoms with E-state index in [-0.39, 0.29) is 17.4 Å². The first-order chi connectivity index (χ1) is 11.8. The minimum absolute atomic E-state index is 0.154. The zero-order chi connectivity index (χ0) is 17.9. The number of aliphatic carboxylic acids is 1. The van der Waals surface area contributed by atoms with Gasteiger partial charge < -0.3 is 10.8 Å². The molecule has 4 aliphatic carbocycles. The molecule has 0 aromatic carbocycles. The number of hydrogen-bond donors (Lipinski definition) is 2. The van der Waals surface area contributed by atoms with Crippen molar-refractivity contribution in [2.75, 3.05) is 0 Å². The molecule has 0 aromatic rings. The van der Waals surface area contributed by atoms with Gasteiger partial charge in [0.05, 0.1) is 0 Å². The molecule has 3 heteroatoms. The second-order valence-corrected chi connectivity index (χ2v) is 10.4. The van der Waals surface area contributed by atoms with Crippen LogP contribution in [0.25, 0.3) is 0 Å². The van der Waals surface area contributed by atoms with Crippen molar-refractivity contribution in [1.29, 1.82) is 0 Å². The lowest BCUT2D eigenvalue weighted by molar-refractivity contribution is -0.138. The van der Waals surface area contributed by atoms with E-state index in [1.165, 1.54) is 57.8 Å². The predicted octanol–water partition coefficient (Wildman–Crippen LogP) is 4.98. The summed E-state index contributed by atoms with van der Waals surface area (Å²) in [6.45, 7) is 5.03. The maximum Gasteiger partial charge on any atom is 0.303 e. The third kappa shape index (κ3) is 2.51. The molecule has 142 valence electrons. The van der Waals surface area contributed by atoms with Crippen LogP contribution in [-0.2, 0) is 4.79 Å². The van der Waals surface area contributed by atoms with E-state index in [2.05, 4.69) is 13.8 Å². The number of carboxylic acid groups (broad SMARTS) is 1. The third-order valence-electron chi connectivity index (χ3n) is 9.80. The molecule has 0 aliphatic heterocycles. The van der Waals surface area contributed by atoms with Gasteiger partial charge in [-0.15, -0.1) is 0 Å². The monoisotopic (exact) mass is 347 g/mol. The number of carboxylic acids is 1. The van der Waals surface area contributed by atoms with Gasteiger partial charge in [0.2, 0.25) is 0 Å². The normalized spacial score (nSPS) is 52.1. The first-order valence-electron chi connectivity index (χ1n) is 10.8. The van der Waals surface area contributed by atoms with E-state index in [4.69, 9.17) is 10.8 Å². The molecule has 25 heavy (non-hydrogen) atoms. The number of hydrogen-bond acceptors (Lipinski definition) is 2. The summed E-state index contributed by atoms with van der Waals surface area (Å²) in [5.41, 5.74) is 7.39. The molecule has 0 amide bonds. The predicted molar refractivity (Wildman–Crippen MR) is 100 cm³/mol. The Labute approximate surface area is 153 Å². The molecule has 3 N–H and O–H groups in total. The van der Waals surface area contributed by atoms with Crippen molar-refractivity contribution in [2.45, 2.75) is 96.4 Å². The van der Waals surface area contributed by atoms with Crippen molar-refractivity contribution in [1.82, 2.24) is 0 Å². The van der Waals surface area contributed by atoms with Crippen LogP contribution >= 0.6 is 0 Å². The fourth-order valence-corrected chi connectivity index (χ4v) is 8.21. The molecule has 0 bridgehead atoms. The maximum atomic E-state index is 11.1. The van der Waals surface area contributed by atoms with Gasteiger partial charge in [0.25, 0.3) is 0 Å². The summed E-state index contributed by atoms with van der Waals surface area (Å²) in [5, 5.41) is 9.16. The number of carbonyl (C=O) groups is 1. The van der Waals surface area contributed by atoms with Crippen LogP contribution in [-0.4, -0.2) is 16.6 Å². The fourth-order valence-electron chi connectivity index (χ4n) is 8.21. The van der Waals surface area contributed by atoms with Crippen molar-refractivity contribution in [3.05, 3.63) is 0 Å². The van der Waals surface area contributed by atoms with Crippen molar-refractivity contribution < 1.29 is 9.90 Å². The van der Waals surface area contributed by atoms with Gasteiger partial charge in [0.1, 0.15) is 0 Å². The molecular weight excluding hydrogens is 310 g/mol. The van der Waals surface area contributed by atoms with Gasteiger partial charge in [0, 0.05) is 12.0 Å². The zero-order valence-electron chi connectivity index (χ0n) is 16.2. The topological polar surface area (TPSA) is 63.3 Å². The van der Waals surface area contributed by atoms with Crippen molar-refractivity contribution in [3.63, 3.8) is 0 Å². The largest absolute Gasteiger partial charge is 0.481 e. The summed E-state index contributed by atoms with van der Waals surface area (Å²) in [7, 11) is 0. The number of rotatable bonds is 3. The summed E-state index contributed by atoms with van der Waals surface area (Å²) in [6.07, 6.45) is 14.3. The highest BCUT2D eigenvalue weighted by Gasteiger charge is 2.63. The maximum absolute atomic E-state index is 11.1. The molecule has 4 fully saturated rings. The van der Waals surface area contributed by atoms with Gasteiger partial charge in [0.15, 0.2) is 0 Å². The molecule has 4 rings (SSSR count). The van der Waals surface area contributed by atoms with Gasteiger partial charge in [-0.3, -0.25) is 4.79 Å². The molecule has 1 unspecified atom stereocenters. The van der Waals surface area contributed by atoms with Crippen LogP contribution in [0.2, 0.25) is 0 Å². The highest BCUT2D eigenvalue weighted by atomic mass is 16.4. The Hall–Kier alpha value is -0.570. The van der Waals surface area contributed by atoms with E-state index in [1.807, 2.05) is 0 Å². The Bertz CT molecular complexity index is 548. The van der Waals surface area contributed by atoms with E-state index in [0.29, 0.717) is 11.8 Å². The van der Waals surface area contributed by atoms with E-state index < -0.39 is 5.97 Å². The Kier molecular flexibility index (Phi) is 4.26. The highest BCUT2D eigenvalue weighted by molar-refractivity contribution is 5.66. The summed E-state index contributed by atoms with van der Waals surface area (Å²) in [5.74, 6) is 2.73. The van der Waals surface area contributed by atoms with Crippen molar-refractivity contribution in [3.8, 4) is 0 Å². The van der Waals surface area contributed by atoms with Gasteiger partial charge in [-0.05, 0) is 92.3 Å². The Morgan fingerprint density at radius 1 is 1.00 bits per heavy atom. The number of fused-ring (bicyclic) bond motifs is 5. The minimum atomic E-state index is -0.694. The molecule has 0 spiro atoms. The molecule has 0 heterocycles. The SMILES string of the molecule is C[C@]12CCCCC1CC[C@@H]1[C@@H]2CC[C@@]2(C)[C@H]1CC[C@@]2(N)CCC(=O)O. The summed E-state index contributed by atoms with van der Waals surface area (Å²) in [4.78, 5) is 11.1. The van der Waals surface area contributed by atoms with Crippen LogP contribution in [0, 0.1) is 34.5 Å². The van der Waals surface area contributed by atoms with Gasteiger partial charge in [-0.1, -0.05) is 26.7 Å². The van der Waals surface area contributed by atoms with Gasteiger partial charge in [-0.25, -0.2) is 0 Å². The molecule has 4 aliphatic rings. The summed E-state index contributed by atoms with van der Waals surface area (Å²) >= 11 is 0. The van der Waals surface area contributed by atoms with Crippen LogP contribution in [0.1, 0.15) is 90.9 Å². The summed E-state index contributed by atoms with van der Waals surface area (Å²) in [6, 6.07) is 0. The molecular formula is C22H37NO2. The first kappa shape index (κ1) is 17.8. The van der Waals surface area contributed by atoms with Crippen LogP contribution in [0.5, 0.6) is 0 Å². The fraction of sp³-hybridized carbons (Fsp3) is 0.955. The minimum Gasteiger partial charge on any atom is -0.481 e. The van der Waals surface area contributed by atoms with E-state index >= 15 is 0 Å². The first-order valence-corrected chi connectivity index (χ1v) is 10.8. The van der Waals surface area contributed by atoms with E-state index in [0.717, 1.165) is 30.1 Å². The quantitative estimate of drug-likeness (QED) is 0.756. The highest BCUT2D eigenvalue weighted by Crippen LogP contribution is 2.68.